The molecule has 7 rings (SSSR count). The Morgan fingerprint density at radius 3 is 2.80 bits per heavy atom. The fourth-order valence-electron chi connectivity index (χ4n) is 4.81. The van der Waals surface area contributed by atoms with Gasteiger partial charge in [-0.2, -0.15) is 5.10 Å². The van der Waals surface area contributed by atoms with Gasteiger partial charge in [0.05, 0.1) is 36.2 Å². The van der Waals surface area contributed by atoms with Crippen LogP contribution < -0.4 is 10.6 Å². The summed E-state index contributed by atoms with van der Waals surface area (Å²) in [5, 5.41) is 14.8. The number of pyridine rings is 1. The van der Waals surface area contributed by atoms with Gasteiger partial charge in [0.15, 0.2) is 5.82 Å². The van der Waals surface area contributed by atoms with Crippen molar-refractivity contribution in [2.24, 2.45) is 0 Å². The number of carbonyl (C=O) groups is 1. The molecule has 0 unspecified atom stereocenters. The maximum atomic E-state index is 12.7. The van der Waals surface area contributed by atoms with E-state index in [0.29, 0.717) is 23.6 Å². The van der Waals surface area contributed by atoms with E-state index < -0.39 is 0 Å². The number of hydrogen-bond acceptors (Lipinski definition) is 6. The van der Waals surface area contributed by atoms with Crippen LogP contribution in [0.3, 0.4) is 0 Å². The van der Waals surface area contributed by atoms with E-state index in [1.54, 1.807) is 31.1 Å². The van der Waals surface area contributed by atoms with E-state index in [9.17, 15) is 4.79 Å². The van der Waals surface area contributed by atoms with Crippen LogP contribution in [0.25, 0.3) is 50.2 Å². The molecule has 1 aliphatic rings. The molecule has 6 aromatic rings. The Hall–Kier alpha value is -5.70. The van der Waals surface area contributed by atoms with E-state index >= 15 is 0 Å². The average molecular weight is 526 g/mol. The van der Waals surface area contributed by atoms with Gasteiger partial charge in [-0.05, 0) is 47.1 Å². The van der Waals surface area contributed by atoms with Crippen molar-refractivity contribution in [2.45, 2.75) is 6.42 Å². The number of nitrogens with zero attached hydrogens (tertiary/aromatic N) is 3. The van der Waals surface area contributed by atoms with Gasteiger partial charge in [0, 0.05) is 40.8 Å². The molecule has 194 valence electrons. The van der Waals surface area contributed by atoms with Crippen LogP contribution in [0, 0.1) is 0 Å². The van der Waals surface area contributed by atoms with Crippen LogP contribution in [0.15, 0.2) is 114 Å². The van der Waals surface area contributed by atoms with Gasteiger partial charge in [0.1, 0.15) is 11.2 Å². The van der Waals surface area contributed by atoms with Gasteiger partial charge in [-0.1, -0.05) is 36.4 Å². The third-order valence-corrected chi connectivity index (χ3v) is 6.75. The first-order valence-electron chi connectivity index (χ1n) is 12.7. The summed E-state index contributed by atoms with van der Waals surface area (Å²) in [6.45, 7) is 0. The largest absolute Gasteiger partial charge is 0.472 e. The number of furan rings is 1. The summed E-state index contributed by atoms with van der Waals surface area (Å²) in [5.41, 5.74) is 8.49. The number of H-pyrrole nitrogens is 2. The molecule has 0 saturated heterocycles. The lowest BCUT2D eigenvalue weighted by Gasteiger charge is -2.08. The number of aromatic amines is 2. The van der Waals surface area contributed by atoms with Crippen LogP contribution in [0.2, 0.25) is 0 Å². The van der Waals surface area contributed by atoms with Crippen LogP contribution >= 0.6 is 0 Å². The van der Waals surface area contributed by atoms with Crippen molar-refractivity contribution >= 4 is 33.4 Å². The van der Waals surface area contributed by atoms with Crippen LogP contribution in [0.5, 0.6) is 0 Å². The van der Waals surface area contributed by atoms with Gasteiger partial charge in [0.2, 0.25) is 5.91 Å². The molecule has 5 heterocycles. The minimum absolute atomic E-state index is 0.0786. The lowest BCUT2D eigenvalue weighted by atomic mass is 10.0. The third kappa shape index (κ3) is 4.45. The third-order valence-electron chi connectivity index (χ3n) is 6.75. The number of aromatic nitrogens is 5. The molecule has 9 heteroatoms. The van der Waals surface area contributed by atoms with Crippen molar-refractivity contribution in [1.82, 2.24) is 35.8 Å². The number of fused-ring (bicyclic) bond motifs is 2. The van der Waals surface area contributed by atoms with Crippen LogP contribution in [0.4, 0.5) is 0 Å². The highest BCUT2D eigenvalue weighted by Crippen LogP contribution is 2.32. The fraction of sp³-hybridized carbons (Fsp3) is 0.0323. The Balaban J connectivity index is 1.21. The second-order valence-electron chi connectivity index (χ2n) is 9.42. The molecular formula is C31H23N7O2. The number of allylic oxidation sites excluding steroid dienone is 3. The first-order valence-corrected chi connectivity index (χ1v) is 12.7. The lowest BCUT2D eigenvalue weighted by molar-refractivity contribution is -0.119. The van der Waals surface area contributed by atoms with Gasteiger partial charge in [0.25, 0.3) is 0 Å². The molecule has 4 aromatic heterocycles. The summed E-state index contributed by atoms with van der Waals surface area (Å²) in [5.74, 6) is 0.556. The molecular weight excluding hydrogens is 502 g/mol. The lowest BCUT2D eigenvalue weighted by Crippen LogP contribution is -2.23. The Morgan fingerprint density at radius 1 is 1.00 bits per heavy atom. The average Bonchev–Trinajstić information content (AvgIpc) is 3.71. The van der Waals surface area contributed by atoms with Crippen LogP contribution in [-0.2, 0) is 11.2 Å². The van der Waals surface area contributed by atoms with Crippen molar-refractivity contribution in [3.63, 3.8) is 0 Å². The topological polar surface area (TPSA) is 125 Å². The molecule has 0 fully saturated rings. The molecule has 0 saturated carbocycles. The van der Waals surface area contributed by atoms with Gasteiger partial charge >= 0.3 is 0 Å². The standard InChI is InChI=1S/C31H23N7O2/c39-28(12-19-4-2-1-3-5-19)34-23-8-10-32-15-22(13-23)20-6-7-26-24(14-20)30(38-37-26)31-35-27-17-33-16-25(29(27)36-31)21-9-11-40-18-21/h1-11,13-18,32H,12H2,(H,34,39)(H,35,36)(H,37,38). The Kier molecular flexibility index (Phi) is 5.78. The Labute approximate surface area is 228 Å². The van der Waals surface area contributed by atoms with Crippen molar-refractivity contribution in [2.75, 3.05) is 0 Å². The SMILES string of the molecule is O=C(Cc1ccccc1)NC1=CC(c2ccc3[nH]nc(-c4nc5c(-c6ccoc6)cncc5[nH]4)c3c2)=CNC=C1. The second kappa shape index (κ2) is 9.88. The van der Waals surface area contributed by atoms with Crippen LogP contribution in [-0.4, -0.2) is 31.1 Å². The van der Waals surface area contributed by atoms with Crippen molar-refractivity contribution in [1.29, 1.82) is 0 Å². The summed E-state index contributed by atoms with van der Waals surface area (Å²) >= 11 is 0. The molecule has 0 radical (unpaired) electrons. The van der Waals surface area contributed by atoms with Gasteiger partial charge in [-0.15, -0.1) is 0 Å². The van der Waals surface area contributed by atoms with Gasteiger partial charge in [-0.25, -0.2) is 4.98 Å². The Morgan fingerprint density at radius 2 is 1.93 bits per heavy atom. The second-order valence-corrected chi connectivity index (χ2v) is 9.42. The predicted octanol–water partition coefficient (Wildman–Crippen LogP) is 5.46. The van der Waals surface area contributed by atoms with E-state index in [-0.39, 0.29) is 5.91 Å². The minimum atomic E-state index is -0.0786. The summed E-state index contributed by atoms with van der Waals surface area (Å²) in [4.78, 5) is 25.3. The smallest absolute Gasteiger partial charge is 0.228 e. The molecule has 0 atom stereocenters. The summed E-state index contributed by atoms with van der Waals surface area (Å²) in [6.07, 6.45) is 14.6. The summed E-state index contributed by atoms with van der Waals surface area (Å²) in [7, 11) is 0. The molecule has 0 aliphatic carbocycles. The molecule has 2 aromatic carbocycles. The highest BCUT2D eigenvalue weighted by atomic mass is 16.3. The van der Waals surface area contributed by atoms with Crippen molar-refractivity contribution < 1.29 is 9.21 Å². The van der Waals surface area contributed by atoms with E-state index in [1.165, 1.54) is 0 Å². The number of imidazole rings is 1. The predicted molar refractivity (Wildman–Crippen MR) is 153 cm³/mol. The monoisotopic (exact) mass is 525 g/mol. The molecule has 4 N–H and O–H groups in total. The van der Waals surface area contributed by atoms with E-state index in [4.69, 9.17) is 9.40 Å². The number of amides is 1. The molecule has 1 aliphatic heterocycles. The zero-order valence-corrected chi connectivity index (χ0v) is 21.2. The van der Waals surface area contributed by atoms with E-state index in [1.807, 2.05) is 66.9 Å². The van der Waals surface area contributed by atoms with Crippen LogP contribution in [0.1, 0.15) is 11.1 Å². The van der Waals surface area contributed by atoms with Crippen molar-refractivity contribution in [3.8, 4) is 22.6 Å². The summed E-state index contributed by atoms with van der Waals surface area (Å²) in [6, 6.07) is 17.6. The maximum absolute atomic E-state index is 12.7. The summed E-state index contributed by atoms with van der Waals surface area (Å²) < 4.78 is 5.26. The first kappa shape index (κ1) is 23.4. The van der Waals surface area contributed by atoms with E-state index in [2.05, 4.69) is 36.9 Å². The Bertz CT molecular complexity index is 1940. The molecule has 0 spiro atoms. The number of carbonyl (C=O) groups excluding carboxylic acids is 1. The molecule has 9 nitrogen and oxygen atoms in total. The molecule has 1 amide bonds. The normalized spacial score (nSPS) is 13.1. The first-order chi connectivity index (χ1) is 19.7. The maximum Gasteiger partial charge on any atom is 0.228 e. The highest BCUT2D eigenvalue weighted by molar-refractivity contribution is 5.98. The molecule has 40 heavy (non-hydrogen) atoms. The number of benzene rings is 2. The number of nitrogens with one attached hydrogen (secondary N) is 4. The van der Waals surface area contributed by atoms with E-state index in [0.717, 1.165) is 49.8 Å². The quantitative estimate of drug-likeness (QED) is 0.229. The zero-order chi connectivity index (χ0) is 26.9. The zero-order valence-electron chi connectivity index (χ0n) is 21.2. The fourth-order valence-corrected chi connectivity index (χ4v) is 4.81. The minimum Gasteiger partial charge on any atom is -0.472 e. The highest BCUT2D eigenvalue weighted by Gasteiger charge is 2.17. The van der Waals surface area contributed by atoms with Gasteiger partial charge < -0.3 is 20.0 Å². The van der Waals surface area contributed by atoms with Gasteiger partial charge in [-0.3, -0.25) is 14.9 Å². The molecule has 0 bridgehead atoms. The van der Waals surface area contributed by atoms with Crippen molar-refractivity contribution in [3.05, 3.63) is 121 Å². The number of rotatable bonds is 6. The number of hydrogen-bond donors (Lipinski definition) is 4.